The molecule has 1 aliphatic heterocycles. The van der Waals surface area contributed by atoms with Crippen LogP contribution in [0.2, 0.25) is 5.02 Å². The second-order valence-electron chi connectivity index (χ2n) is 6.52. The third-order valence-electron chi connectivity index (χ3n) is 4.65. The van der Waals surface area contributed by atoms with E-state index in [1.54, 1.807) is 12.1 Å². The fourth-order valence-electron chi connectivity index (χ4n) is 3.07. The van der Waals surface area contributed by atoms with E-state index in [-0.39, 0.29) is 17.9 Å². The van der Waals surface area contributed by atoms with Gasteiger partial charge in [0.05, 0.1) is 11.1 Å². The molecule has 1 fully saturated rings. The zero-order valence-electron chi connectivity index (χ0n) is 14.9. The molecule has 25 heavy (non-hydrogen) atoms. The van der Waals surface area contributed by atoms with Gasteiger partial charge in [-0.3, -0.25) is 14.5 Å². The number of nitrogens with zero attached hydrogens (tertiary/aromatic N) is 2. The second-order valence-corrected chi connectivity index (χ2v) is 6.96. The second kappa shape index (κ2) is 9.73. The number of aromatic nitrogens is 1. The highest BCUT2D eigenvalue weighted by Crippen LogP contribution is 2.21. The first kappa shape index (κ1) is 19.7. The summed E-state index contributed by atoms with van der Waals surface area (Å²) in [5.41, 5.74) is 0. The maximum absolute atomic E-state index is 12.5. The minimum absolute atomic E-state index is 0.0604. The van der Waals surface area contributed by atoms with Gasteiger partial charge in [0.15, 0.2) is 0 Å². The Morgan fingerprint density at radius 2 is 2.24 bits per heavy atom. The van der Waals surface area contributed by atoms with Gasteiger partial charge in [0.1, 0.15) is 5.82 Å². The standard InChI is InChI=1S/C18H27ClN4O2/c1-3-17(24)20-9-8-14-5-4-10-23(12-14)13(2)18(25)22-16-7-6-15(19)11-21-16/h6-7,11,13-14H,3-5,8-10,12H2,1-2H3,(H,20,24)(H,21,22,25). The molecule has 0 aromatic carbocycles. The fourth-order valence-corrected chi connectivity index (χ4v) is 3.18. The van der Waals surface area contributed by atoms with Gasteiger partial charge >= 0.3 is 0 Å². The molecule has 7 heteroatoms. The van der Waals surface area contributed by atoms with Crippen LogP contribution in [0, 0.1) is 5.92 Å². The van der Waals surface area contributed by atoms with E-state index in [9.17, 15) is 9.59 Å². The third-order valence-corrected chi connectivity index (χ3v) is 4.88. The molecule has 2 rings (SSSR count). The SMILES string of the molecule is CCC(=O)NCCC1CCCN(C(C)C(=O)Nc2ccc(Cl)cn2)C1. The van der Waals surface area contributed by atoms with Crippen molar-refractivity contribution in [1.29, 1.82) is 0 Å². The molecule has 1 aromatic heterocycles. The Bertz CT molecular complexity index is 579. The van der Waals surface area contributed by atoms with Crippen molar-refractivity contribution < 1.29 is 9.59 Å². The maximum atomic E-state index is 12.5. The number of piperidine rings is 1. The first-order valence-electron chi connectivity index (χ1n) is 8.92. The summed E-state index contributed by atoms with van der Waals surface area (Å²) in [6.45, 7) is 6.28. The average Bonchev–Trinajstić information content (AvgIpc) is 2.63. The highest BCUT2D eigenvalue weighted by molar-refractivity contribution is 6.30. The zero-order chi connectivity index (χ0) is 18.2. The molecule has 1 saturated heterocycles. The summed E-state index contributed by atoms with van der Waals surface area (Å²) < 4.78 is 0. The van der Waals surface area contributed by atoms with Crippen LogP contribution in [0.25, 0.3) is 0 Å². The summed E-state index contributed by atoms with van der Waals surface area (Å²) in [5.74, 6) is 1.05. The van der Waals surface area contributed by atoms with E-state index >= 15 is 0 Å². The molecule has 0 bridgehead atoms. The van der Waals surface area contributed by atoms with Crippen molar-refractivity contribution in [3.8, 4) is 0 Å². The Morgan fingerprint density at radius 1 is 1.44 bits per heavy atom. The number of carbonyl (C=O) groups is 2. The van der Waals surface area contributed by atoms with Crippen LogP contribution in [0.5, 0.6) is 0 Å². The van der Waals surface area contributed by atoms with Gasteiger partial charge in [0.2, 0.25) is 11.8 Å². The molecule has 2 N–H and O–H groups in total. The Morgan fingerprint density at radius 3 is 2.92 bits per heavy atom. The predicted octanol–water partition coefficient (Wildman–Crippen LogP) is 2.69. The average molecular weight is 367 g/mol. The lowest BCUT2D eigenvalue weighted by atomic mass is 9.93. The van der Waals surface area contributed by atoms with Crippen LogP contribution in [-0.2, 0) is 9.59 Å². The number of likely N-dealkylation sites (tertiary alicyclic amines) is 1. The number of hydrogen-bond acceptors (Lipinski definition) is 4. The van der Waals surface area contributed by atoms with Gasteiger partial charge in [-0.25, -0.2) is 4.98 Å². The zero-order valence-corrected chi connectivity index (χ0v) is 15.7. The summed E-state index contributed by atoms with van der Waals surface area (Å²) in [6, 6.07) is 3.18. The molecule has 2 heterocycles. The van der Waals surface area contributed by atoms with Crippen molar-refractivity contribution >= 4 is 29.2 Å². The van der Waals surface area contributed by atoms with Crippen LogP contribution in [0.1, 0.15) is 39.5 Å². The number of carbonyl (C=O) groups excluding carboxylic acids is 2. The first-order valence-corrected chi connectivity index (χ1v) is 9.30. The minimum atomic E-state index is -0.217. The van der Waals surface area contributed by atoms with Gasteiger partial charge in [-0.05, 0) is 50.8 Å². The van der Waals surface area contributed by atoms with E-state index < -0.39 is 0 Å². The molecule has 6 nitrogen and oxygen atoms in total. The van der Waals surface area contributed by atoms with Crippen LogP contribution in [0.15, 0.2) is 18.3 Å². The first-order chi connectivity index (χ1) is 12.0. The van der Waals surface area contributed by atoms with Crippen LogP contribution in [0.4, 0.5) is 5.82 Å². The van der Waals surface area contributed by atoms with Gasteiger partial charge in [0, 0.05) is 25.7 Å². The van der Waals surface area contributed by atoms with E-state index in [0.717, 1.165) is 32.4 Å². The highest BCUT2D eigenvalue weighted by atomic mass is 35.5. The van der Waals surface area contributed by atoms with Gasteiger partial charge in [0.25, 0.3) is 0 Å². The van der Waals surface area contributed by atoms with Crippen LogP contribution < -0.4 is 10.6 Å². The highest BCUT2D eigenvalue weighted by Gasteiger charge is 2.27. The van der Waals surface area contributed by atoms with E-state index in [2.05, 4.69) is 20.5 Å². The van der Waals surface area contributed by atoms with Crippen molar-refractivity contribution in [1.82, 2.24) is 15.2 Å². The van der Waals surface area contributed by atoms with Gasteiger partial charge in [-0.1, -0.05) is 18.5 Å². The normalized spacial score (nSPS) is 19.2. The number of rotatable bonds is 7. The number of anilines is 1. The number of hydrogen-bond donors (Lipinski definition) is 2. The van der Waals surface area contributed by atoms with E-state index in [4.69, 9.17) is 11.6 Å². The quantitative estimate of drug-likeness (QED) is 0.778. The topological polar surface area (TPSA) is 74.3 Å². The Kier molecular flexibility index (Phi) is 7.65. The van der Waals surface area contributed by atoms with Crippen LogP contribution >= 0.6 is 11.6 Å². The van der Waals surface area contributed by atoms with Crippen molar-refractivity contribution in [2.24, 2.45) is 5.92 Å². The summed E-state index contributed by atoms with van der Waals surface area (Å²) in [6.07, 6.45) is 5.21. The largest absolute Gasteiger partial charge is 0.356 e. The molecule has 0 aliphatic carbocycles. The smallest absolute Gasteiger partial charge is 0.242 e. The van der Waals surface area contributed by atoms with Gasteiger partial charge in [-0.2, -0.15) is 0 Å². The van der Waals surface area contributed by atoms with Crippen LogP contribution in [-0.4, -0.2) is 47.4 Å². The summed E-state index contributed by atoms with van der Waals surface area (Å²) >= 11 is 5.81. The Balaban J connectivity index is 1.81. The molecule has 2 unspecified atom stereocenters. The number of halogens is 1. The third kappa shape index (κ3) is 6.29. The van der Waals surface area contributed by atoms with Gasteiger partial charge in [-0.15, -0.1) is 0 Å². The molecular weight excluding hydrogens is 340 g/mol. The fraction of sp³-hybridized carbons (Fsp3) is 0.611. The lowest BCUT2D eigenvalue weighted by Crippen LogP contribution is -2.47. The van der Waals surface area contributed by atoms with Gasteiger partial charge < -0.3 is 10.6 Å². The van der Waals surface area contributed by atoms with Crippen molar-refractivity contribution in [3.05, 3.63) is 23.4 Å². The molecule has 0 saturated carbocycles. The maximum Gasteiger partial charge on any atom is 0.242 e. The lowest BCUT2D eigenvalue weighted by molar-refractivity contribution is -0.121. The minimum Gasteiger partial charge on any atom is -0.356 e. The Hall–Kier alpha value is -1.66. The van der Waals surface area contributed by atoms with E-state index in [0.29, 0.717) is 29.7 Å². The summed E-state index contributed by atoms with van der Waals surface area (Å²) in [7, 11) is 0. The number of pyridine rings is 1. The summed E-state index contributed by atoms with van der Waals surface area (Å²) in [4.78, 5) is 30.1. The molecule has 2 atom stereocenters. The van der Waals surface area contributed by atoms with Crippen molar-refractivity contribution in [3.63, 3.8) is 0 Å². The monoisotopic (exact) mass is 366 g/mol. The molecular formula is C18H27ClN4O2. The van der Waals surface area contributed by atoms with E-state index in [1.165, 1.54) is 6.20 Å². The summed E-state index contributed by atoms with van der Waals surface area (Å²) in [5, 5.41) is 6.31. The lowest BCUT2D eigenvalue weighted by Gasteiger charge is -2.36. The van der Waals surface area contributed by atoms with Crippen molar-refractivity contribution in [2.75, 3.05) is 25.0 Å². The molecule has 1 aromatic rings. The molecule has 138 valence electrons. The van der Waals surface area contributed by atoms with Crippen LogP contribution in [0.3, 0.4) is 0 Å². The molecule has 1 aliphatic rings. The predicted molar refractivity (Wildman–Crippen MR) is 99.6 cm³/mol. The molecule has 0 radical (unpaired) electrons. The molecule has 0 spiro atoms. The molecule has 2 amide bonds. The van der Waals surface area contributed by atoms with E-state index in [1.807, 2.05) is 13.8 Å². The number of nitrogens with one attached hydrogen (secondary N) is 2. The Labute approximate surface area is 154 Å². The number of amides is 2. The van der Waals surface area contributed by atoms with Crippen molar-refractivity contribution in [2.45, 2.75) is 45.6 Å².